The summed E-state index contributed by atoms with van der Waals surface area (Å²) >= 11 is 4.80. The van der Waals surface area contributed by atoms with Crippen molar-refractivity contribution in [3.63, 3.8) is 0 Å². The fraction of sp³-hybridized carbons (Fsp3) is 0.333. The zero-order valence-corrected chi connectivity index (χ0v) is 11.7. The first kappa shape index (κ1) is 16.8. The number of nitrogens with one attached hydrogen (secondary N) is 2. The fourth-order valence-electron chi connectivity index (χ4n) is 1.44. The summed E-state index contributed by atoms with van der Waals surface area (Å²) in [7, 11) is 0. The average molecular weight is 316 g/mol. The van der Waals surface area contributed by atoms with E-state index in [2.05, 4.69) is 15.6 Å². The summed E-state index contributed by atoms with van der Waals surface area (Å²) in [6, 6.07) is 2.27. The van der Waals surface area contributed by atoms with E-state index in [0.717, 1.165) is 12.4 Å². The first-order valence-corrected chi connectivity index (χ1v) is 6.16. The minimum Gasteiger partial charge on any atom is -0.359 e. The maximum atomic E-state index is 12.8. The molecule has 1 unspecified atom stereocenters. The quantitative estimate of drug-likeness (QED) is 0.834. The minimum atomic E-state index is -4.67. The van der Waals surface area contributed by atoms with E-state index in [1.54, 1.807) is 6.92 Å². The van der Waals surface area contributed by atoms with Gasteiger partial charge in [0, 0.05) is 18.4 Å². The van der Waals surface area contributed by atoms with Crippen molar-refractivity contribution in [3.8, 4) is 6.07 Å². The van der Waals surface area contributed by atoms with Gasteiger partial charge in [-0.25, -0.2) is 0 Å². The number of carbonyl (C=O) groups excluding carboxylic acids is 1. The number of rotatable bonds is 3. The molecule has 5 nitrogen and oxygen atoms in total. The van der Waals surface area contributed by atoms with Crippen LogP contribution in [0.4, 0.5) is 13.2 Å². The molecule has 0 fully saturated rings. The van der Waals surface area contributed by atoms with Gasteiger partial charge in [-0.15, -0.1) is 0 Å². The third kappa shape index (κ3) is 5.00. The van der Waals surface area contributed by atoms with Gasteiger partial charge in [0.25, 0.3) is 5.91 Å². The van der Waals surface area contributed by atoms with Crippen LogP contribution in [0.3, 0.4) is 0 Å². The molecule has 112 valence electrons. The van der Waals surface area contributed by atoms with Crippen LogP contribution in [0.2, 0.25) is 0 Å². The highest BCUT2D eigenvalue weighted by atomic mass is 32.1. The fourth-order valence-corrected chi connectivity index (χ4v) is 1.73. The van der Waals surface area contributed by atoms with Gasteiger partial charge in [-0.2, -0.15) is 18.4 Å². The number of nitrogens with zero attached hydrogens (tertiary/aromatic N) is 2. The highest BCUT2D eigenvalue weighted by molar-refractivity contribution is 7.80. The monoisotopic (exact) mass is 316 g/mol. The Labute approximate surface area is 124 Å². The number of carbonyl (C=O) groups is 1. The molecule has 2 N–H and O–H groups in total. The van der Waals surface area contributed by atoms with Crippen molar-refractivity contribution < 1.29 is 18.0 Å². The number of hydrogen-bond acceptors (Lipinski definition) is 4. The molecule has 0 aliphatic carbocycles. The van der Waals surface area contributed by atoms with Gasteiger partial charge in [0.05, 0.1) is 23.6 Å². The molecule has 1 amide bonds. The van der Waals surface area contributed by atoms with Gasteiger partial charge in [-0.05, 0) is 25.2 Å². The largest absolute Gasteiger partial charge is 0.417 e. The van der Waals surface area contributed by atoms with Crippen molar-refractivity contribution in [2.24, 2.45) is 0 Å². The molecule has 0 aromatic carbocycles. The molecule has 0 bridgehead atoms. The summed E-state index contributed by atoms with van der Waals surface area (Å²) in [4.78, 5) is 15.3. The van der Waals surface area contributed by atoms with Crippen LogP contribution in [0.25, 0.3) is 0 Å². The van der Waals surface area contributed by atoms with E-state index < -0.39 is 23.2 Å². The Morgan fingerprint density at radius 1 is 1.57 bits per heavy atom. The van der Waals surface area contributed by atoms with Gasteiger partial charge in [0.2, 0.25) is 0 Å². The van der Waals surface area contributed by atoms with Gasteiger partial charge in [0.1, 0.15) is 0 Å². The van der Waals surface area contributed by atoms with Crippen LogP contribution in [0.1, 0.15) is 29.3 Å². The molecule has 0 aliphatic heterocycles. The molecule has 0 saturated heterocycles. The van der Waals surface area contributed by atoms with Crippen LogP contribution in [-0.2, 0) is 6.18 Å². The SMILES string of the molecule is CC(CC#N)NC(=S)NC(=O)c1cnccc1C(F)(F)F. The molecule has 1 atom stereocenters. The van der Waals surface area contributed by atoms with Crippen LogP contribution in [0, 0.1) is 11.3 Å². The van der Waals surface area contributed by atoms with Crippen LogP contribution in [-0.4, -0.2) is 22.0 Å². The lowest BCUT2D eigenvalue weighted by molar-refractivity contribution is -0.138. The number of amides is 1. The normalized spacial score (nSPS) is 12.1. The van der Waals surface area contributed by atoms with Gasteiger partial charge in [-0.1, -0.05) is 0 Å². The number of pyridine rings is 1. The van der Waals surface area contributed by atoms with E-state index >= 15 is 0 Å². The molecule has 1 heterocycles. The molecule has 1 aromatic rings. The molecule has 0 spiro atoms. The Kier molecular flexibility index (Phi) is 5.60. The highest BCUT2D eigenvalue weighted by Crippen LogP contribution is 2.31. The van der Waals surface area contributed by atoms with E-state index in [4.69, 9.17) is 17.5 Å². The predicted molar refractivity (Wildman–Crippen MR) is 72.1 cm³/mol. The van der Waals surface area contributed by atoms with Crippen molar-refractivity contribution in [3.05, 3.63) is 29.6 Å². The molecule has 9 heteroatoms. The third-order valence-electron chi connectivity index (χ3n) is 2.37. The molecular formula is C12H11F3N4OS. The summed E-state index contributed by atoms with van der Waals surface area (Å²) in [5.74, 6) is -1.02. The van der Waals surface area contributed by atoms with E-state index in [0.29, 0.717) is 6.07 Å². The van der Waals surface area contributed by atoms with Crippen molar-refractivity contribution >= 4 is 23.2 Å². The van der Waals surface area contributed by atoms with Crippen molar-refractivity contribution in [2.45, 2.75) is 25.6 Å². The summed E-state index contributed by atoms with van der Waals surface area (Å²) in [5, 5.41) is 13.1. The zero-order chi connectivity index (χ0) is 16.0. The summed E-state index contributed by atoms with van der Waals surface area (Å²) < 4.78 is 38.3. The Bertz CT molecular complexity index is 583. The smallest absolute Gasteiger partial charge is 0.359 e. The maximum absolute atomic E-state index is 12.8. The lowest BCUT2D eigenvalue weighted by Gasteiger charge is -2.15. The van der Waals surface area contributed by atoms with Crippen LogP contribution in [0.5, 0.6) is 0 Å². The van der Waals surface area contributed by atoms with E-state index in [-0.39, 0.29) is 17.6 Å². The second-order valence-electron chi connectivity index (χ2n) is 4.11. The van der Waals surface area contributed by atoms with Crippen LogP contribution >= 0.6 is 12.2 Å². The zero-order valence-electron chi connectivity index (χ0n) is 10.9. The van der Waals surface area contributed by atoms with Crippen molar-refractivity contribution in [1.29, 1.82) is 5.26 Å². The number of alkyl halides is 3. The number of aromatic nitrogens is 1. The van der Waals surface area contributed by atoms with Gasteiger partial charge >= 0.3 is 6.18 Å². The number of hydrogen-bond donors (Lipinski definition) is 2. The topological polar surface area (TPSA) is 77.8 Å². The summed E-state index contributed by atoms with van der Waals surface area (Å²) in [6.07, 6.45) is -2.76. The molecule has 0 saturated carbocycles. The van der Waals surface area contributed by atoms with Crippen molar-refractivity contribution in [2.75, 3.05) is 0 Å². The van der Waals surface area contributed by atoms with Crippen molar-refractivity contribution in [1.82, 2.24) is 15.6 Å². The molecular weight excluding hydrogens is 305 g/mol. The maximum Gasteiger partial charge on any atom is 0.417 e. The van der Waals surface area contributed by atoms with Crippen LogP contribution < -0.4 is 10.6 Å². The average Bonchev–Trinajstić information content (AvgIpc) is 2.37. The van der Waals surface area contributed by atoms with Gasteiger partial charge in [0.15, 0.2) is 5.11 Å². The number of nitriles is 1. The molecule has 1 aromatic heterocycles. The van der Waals surface area contributed by atoms with E-state index in [1.165, 1.54) is 0 Å². The van der Waals surface area contributed by atoms with Gasteiger partial charge < -0.3 is 5.32 Å². The first-order chi connectivity index (χ1) is 9.75. The third-order valence-corrected chi connectivity index (χ3v) is 2.59. The highest BCUT2D eigenvalue weighted by Gasteiger charge is 2.35. The number of halogens is 3. The second kappa shape index (κ2) is 6.99. The standard InChI is InChI=1S/C12H11F3N4OS/c1-7(2-4-16)18-11(21)19-10(20)8-6-17-5-3-9(8)12(13,14)15/h3,5-7H,2H2,1H3,(H2,18,19,20,21). The molecule has 0 radical (unpaired) electrons. The lowest BCUT2D eigenvalue weighted by Crippen LogP contribution is -2.43. The summed E-state index contributed by atoms with van der Waals surface area (Å²) in [6.45, 7) is 1.65. The van der Waals surface area contributed by atoms with E-state index in [1.807, 2.05) is 6.07 Å². The Morgan fingerprint density at radius 2 is 2.24 bits per heavy atom. The minimum absolute atomic E-state index is 0.136. The Balaban J connectivity index is 2.82. The Hall–Kier alpha value is -2.21. The van der Waals surface area contributed by atoms with Crippen LogP contribution in [0.15, 0.2) is 18.5 Å². The van der Waals surface area contributed by atoms with E-state index in [9.17, 15) is 18.0 Å². The summed E-state index contributed by atoms with van der Waals surface area (Å²) in [5.41, 5.74) is -1.72. The second-order valence-corrected chi connectivity index (χ2v) is 4.52. The molecule has 0 aliphatic rings. The number of thiocarbonyl (C=S) groups is 1. The lowest BCUT2D eigenvalue weighted by atomic mass is 10.1. The molecule has 1 rings (SSSR count). The Morgan fingerprint density at radius 3 is 2.81 bits per heavy atom. The predicted octanol–water partition coefficient (Wildman–Crippen LogP) is 2.01. The first-order valence-electron chi connectivity index (χ1n) is 5.75. The van der Waals surface area contributed by atoms with Gasteiger partial charge in [-0.3, -0.25) is 15.1 Å². The molecule has 21 heavy (non-hydrogen) atoms.